The number of aryl methyl sites for hydroxylation is 1. The number of benzene rings is 1. The lowest BCUT2D eigenvalue weighted by Gasteiger charge is -2.26. The second kappa shape index (κ2) is 8.76. The molecule has 5 nitrogen and oxygen atoms in total. The summed E-state index contributed by atoms with van der Waals surface area (Å²) in [7, 11) is 0. The van der Waals surface area contributed by atoms with Crippen LogP contribution in [0.4, 0.5) is 0 Å². The molecule has 0 spiro atoms. The number of aliphatic hydroxyl groups is 1. The smallest absolute Gasteiger partial charge is 0.160 e. The number of aliphatic hydroxyl groups excluding tert-OH is 1. The van der Waals surface area contributed by atoms with Crippen LogP contribution in [-0.4, -0.2) is 58.6 Å². The lowest BCUT2D eigenvalue weighted by atomic mass is 10.1. The maximum Gasteiger partial charge on any atom is 0.160 e. The molecule has 0 aliphatic carbocycles. The van der Waals surface area contributed by atoms with Crippen LogP contribution in [0.15, 0.2) is 35.4 Å². The molecule has 134 valence electrons. The Labute approximate surface area is 153 Å². The van der Waals surface area contributed by atoms with E-state index in [-0.39, 0.29) is 0 Å². The third-order valence-electron chi connectivity index (χ3n) is 4.30. The summed E-state index contributed by atoms with van der Waals surface area (Å²) in [6.07, 6.45) is -0.573. The van der Waals surface area contributed by atoms with Crippen molar-refractivity contribution in [2.24, 2.45) is 0 Å². The summed E-state index contributed by atoms with van der Waals surface area (Å²) in [5.41, 5.74) is 2.68. The standard InChI is InChI=1S/C19H25N3O2S/c1-14-17(15(2)23)19(25-13-10-22-8-11-24-12-9-22)21-18(20-14)16-6-4-3-5-7-16/h3-7,15,23H,8-13H2,1-2H3/t15-/m1/s1. The number of rotatable bonds is 6. The monoisotopic (exact) mass is 359 g/mol. The predicted octanol–water partition coefficient (Wildman–Crippen LogP) is 2.93. The SMILES string of the molecule is Cc1nc(-c2ccccc2)nc(SCCN2CCOCC2)c1[C@@H](C)O. The highest BCUT2D eigenvalue weighted by atomic mass is 32.2. The van der Waals surface area contributed by atoms with Crippen molar-refractivity contribution in [1.82, 2.24) is 14.9 Å². The lowest BCUT2D eigenvalue weighted by Crippen LogP contribution is -2.37. The van der Waals surface area contributed by atoms with Crippen molar-refractivity contribution < 1.29 is 9.84 Å². The van der Waals surface area contributed by atoms with Crippen LogP contribution in [-0.2, 0) is 4.74 Å². The largest absolute Gasteiger partial charge is 0.389 e. The quantitative estimate of drug-likeness (QED) is 0.632. The highest BCUT2D eigenvalue weighted by Crippen LogP contribution is 2.30. The molecule has 1 fully saturated rings. The number of aromatic nitrogens is 2. The topological polar surface area (TPSA) is 58.5 Å². The molecular weight excluding hydrogens is 334 g/mol. The summed E-state index contributed by atoms with van der Waals surface area (Å²) in [6, 6.07) is 9.99. The number of morpholine rings is 1. The average Bonchev–Trinajstić information content (AvgIpc) is 2.62. The van der Waals surface area contributed by atoms with Crippen LogP contribution in [0.25, 0.3) is 11.4 Å². The van der Waals surface area contributed by atoms with Gasteiger partial charge in [0.2, 0.25) is 0 Å². The summed E-state index contributed by atoms with van der Waals surface area (Å²) in [6.45, 7) is 8.33. The van der Waals surface area contributed by atoms with Gasteiger partial charge in [0.25, 0.3) is 0 Å². The molecule has 2 aromatic rings. The molecule has 1 aromatic heterocycles. The van der Waals surface area contributed by atoms with E-state index in [1.54, 1.807) is 18.7 Å². The van der Waals surface area contributed by atoms with E-state index in [4.69, 9.17) is 9.72 Å². The van der Waals surface area contributed by atoms with Crippen molar-refractivity contribution in [2.75, 3.05) is 38.6 Å². The zero-order valence-electron chi connectivity index (χ0n) is 14.8. The van der Waals surface area contributed by atoms with Crippen LogP contribution in [0.1, 0.15) is 24.3 Å². The van der Waals surface area contributed by atoms with Crippen molar-refractivity contribution in [3.63, 3.8) is 0 Å². The summed E-state index contributed by atoms with van der Waals surface area (Å²) in [5.74, 6) is 1.65. The third-order valence-corrected chi connectivity index (χ3v) is 5.27. The molecule has 3 rings (SSSR count). The zero-order valence-corrected chi connectivity index (χ0v) is 15.6. The van der Waals surface area contributed by atoms with Crippen LogP contribution in [0.5, 0.6) is 0 Å². The van der Waals surface area contributed by atoms with Crippen LogP contribution >= 0.6 is 11.8 Å². The van der Waals surface area contributed by atoms with Crippen molar-refractivity contribution in [3.05, 3.63) is 41.6 Å². The second-order valence-electron chi connectivity index (χ2n) is 6.20. The van der Waals surface area contributed by atoms with E-state index in [0.717, 1.165) is 66.3 Å². The van der Waals surface area contributed by atoms with Crippen LogP contribution in [0.2, 0.25) is 0 Å². The first-order chi connectivity index (χ1) is 12.1. The molecule has 0 saturated carbocycles. The molecule has 1 aliphatic heterocycles. The molecule has 1 atom stereocenters. The van der Waals surface area contributed by atoms with Crippen molar-refractivity contribution in [3.8, 4) is 11.4 Å². The fourth-order valence-corrected chi connectivity index (χ4v) is 4.13. The number of hydrogen-bond donors (Lipinski definition) is 1. The summed E-state index contributed by atoms with van der Waals surface area (Å²) in [5, 5.41) is 11.1. The van der Waals surface area contributed by atoms with Gasteiger partial charge in [0.15, 0.2) is 5.82 Å². The molecular formula is C19H25N3O2S. The van der Waals surface area contributed by atoms with E-state index in [9.17, 15) is 5.11 Å². The van der Waals surface area contributed by atoms with Crippen LogP contribution in [0, 0.1) is 6.92 Å². The molecule has 25 heavy (non-hydrogen) atoms. The van der Waals surface area contributed by atoms with E-state index >= 15 is 0 Å². The van der Waals surface area contributed by atoms with Gasteiger partial charge in [0.1, 0.15) is 5.03 Å². The molecule has 1 aromatic carbocycles. The number of thioether (sulfide) groups is 1. The molecule has 0 bridgehead atoms. The molecule has 0 unspecified atom stereocenters. The van der Waals surface area contributed by atoms with E-state index < -0.39 is 6.10 Å². The fourth-order valence-electron chi connectivity index (χ4n) is 2.96. The zero-order chi connectivity index (χ0) is 17.6. The van der Waals surface area contributed by atoms with Gasteiger partial charge in [-0.3, -0.25) is 4.90 Å². The molecule has 0 radical (unpaired) electrons. The minimum Gasteiger partial charge on any atom is -0.389 e. The van der Waals surface area contributed by atoms with Gasteiger partial charge in [0, 0.05) is 42.2 Å². The minimum absolute atomic E-state index is 0.573. The highest BCUT2D eigenvalue weighted by Gasteiger charge is 2.18. The summed E-state index contributed by atoms with van der Waals surface area (Å²) < 4.78 is 5.39. The number of ether oxygens (including phenoxy) is 1. The Morgan fingerprint density at radius 1 is 1.20 bits per heavy atom. The number of nitrogens with zero attached hydrogens (tertiary/aromatic N) is 3. The first-order valence-electron chi connectivity index (χ1n) is 8.70. The van der Waals surface area contributed by atoms with Crippen molar-refractivity contribution >= 4 is 11.8 Å². The molecule has 0 amide bonds. The van der Waals surface area contributed by atoms with Gasteiger partial charge in [-0.1, -0.05) is 30.3 Å². The lowest BCUT2D eigenvalue weighted by molar-refractivity contribution is 0.0410. The Kier molecular flexibility index (Phi) is 6.42. The Bertz CT molecular complexity index is 689. The van der Waals surface area contributed by atoms with E-state index in [1.807, 2.05) is 37.3 Å². The maximum absolute atomic E-state index is 10.2. The third kappa shape index (κ3) is 4.79. The van der Waals surface area contributed by atoms with Gasteiger partial charge < -0.3 is 9.84 Å². The van der Waals surface area contributed by atoms with Crippen LogP contribution in [0.3, 0.4) is 0 Å². The van der Waals surface area contributed by atoms with Crippen molar-refractivity contribution in [1.29, 1.82) is 0 Å². The number of hydrogen-bond acceptors (Lipinski definition) is 6. The van der Waals surface area contributed by atoms with Gasteiger partial charge in [-0.15, -0.1) is 11.8 Å². The summed E-state index contributed by atoms with van der Waals surface area (Å²) >= 11 is 1.70. The van der Waals surface area contributed by atoms with Gasteiger partial charge in [-0.2, -0.15) is 0 Å². The second-order valence-corrected chi connectivity index (χ2v) is 7.28. The molecule has 6 heteroatoms. The Hall–Kier alpha value is -1.47. The Morgan fingerprint density at radius 3 is 2.60 bits per heavy atom. The normalized spacial score (nSPS) is 16.8. The van der Waals surface area contributed by atoms with Crippen molar-refractivity contribution in [2.45, 2.75) is 25.0 Å². The van der Waals surface area contributed by atoms with Gasteiger partial charge in [-0.05, 0) is 13.8 Å². The first kappa shape index (κ1) is 18.3. The van der Waals surface area contributed by atoms with Gasteiger partial charge in [0.05, 0.1) is 19.3 Å². The molecule has 1 aliphatic rings. The average molecular weight is 359 g/mol. The fraction of sp³-hybridized carbons (Fsp3) is 0.474. The summed E-state index contributed by atoms with van der Waals surface area (Å²) in [4.78, 5) is 11.8. The Balaban J connectivity index is 1.78. The van der Waals surface area contributed by atoms with Crippen LogP contribution < -0.4 is 0 Å². The molecule has 2 heterocycles. The van der Waals surface area contributed by atoms with E-state index in [0.29, 0.717) is 0 Å². The minimum atomic E-state index is -0.573. The van der Waals surface area contributed by atoms with Gasteiger partial charge in [-0.25, -0.2) is 9.97 Å². The van der Waals surface area contributed by atoms with E-state index in [1.165, 1.54) is 0 Å². The maximum atomic E-state index is 10.2. The Morgan fingerprint density at radius 2 is 1.92 bits per heavy atom. The van der Waals surface area contributed by atoms with E-state index in [2.05, 4.69) is 9.88 Å². The predicted molar refractivity (Wildman–Crippen MR) is 101 cm³/mol. The van der Waals surface area contributed by atoms with Gasteiger partial charge >= 0.3 is 0 Å². The first-order valence-corrected chi connectivity index (χ1v) is 9.68. The highest BCUT2D eigenvalue weighted by molar-refractivity contribution is 7.99. The molecule has 1 saturated heterocycles. The molecule has 1 N–H and O–H groups in total.